The Morgan fingerprint density at radius 1 is 1.17 bits per heavy atom. The highest BCUT2D eigenvalue weighted by Gasteiger charge is 2.19. The molecule has 2 unspecified atom stereocenters. The van der Waals surface area contributed by atoms with Crippen molar-refractivity contribution < 1.29 is 4.39 Å². The molecule has 0 aliphatic carbocycles. The van der Waals surface area contributed by atoms with Gasteiger partial charge in [-0.15, -0.1) is 0 Å². The summed E-state index contributed by atoms with van der Waals surface area (Å²) in [5.74, 6) is 0.115. The van der Waals surface area contributed by atoms with Crippen molar-refractivity contribution in [3.63, 3.8) is 0 Å². The molecule has 18 heavy (non-hydrogen) atoms. The molecule has 0 bridgehead atoms. The topological polar surface area (TPSA) is 12.9 Å². The molecule has 0 radical (unpaired) electrons. The van der Waals surface area contributed by atoms with Gasteiger partial charge in [0.15, 0.2) is 0 Å². The fraction of sp³-hybridized carbons (Fsp3) is 0.267. The van der Waals surface area contributed by atoms with Crippen LogP contribution in [-0.2, 0) is 0 Å². The number of benzene rings is 1. The molecule has 0 N–H and O–H groups in total. The van der Waals surface area contributed by atoms with Crippen molar-refractivity contribution in [2.45, 2.75) is 24.6 Å². The molecule has 2 atom stereocenters. The SMILES string of the molecule is Cc1cc(F)ccc1C(Br)C(C)c1ccncc1. The average Bonchev–Trinajstić information content (AvgIpc) is 2.38. The van der Waals surface area contributed by atoms with Gasteiger partial charge in [0.2, 0.25) is 0 Å². The highest BCUT2D eigenvalue weighted by molar-refractivity contribution is 9.09. The first kappa shape index (κ1) is 13.2. The van der Waals surface area contributed by atoms with Crippen molar-refractivity contribution in [2.75, 3.05) is 0 Å². The second-order valence-electron chi connectivity index (χ2n) is 4.47. The van der Waals surface area contributed by atoms with Crippen molar-refractivity contribution in [1.29, 1.82) is 0 Å². The number of aromatic nitrogens is 1. The predicted octanol–water partition coefficient (Wildman–Crippen LogP) is 4.77. The van der Waals surface area contributed by atoms with Crippen molar-refractivity contribution in [3.8, 4) is 0 Å². The second-order valence-corrected chi connectivity index (χ2v) is 5.46. The molecule has 2 aromatic rings. The van der Waals surface area contributed by atoms with Gasteiger partial charge in [-0.1, -0.05) is 28.9 Å². The van der Waals surface area contributed by atoms with Crippen LogP contribution < -0.4 is 0 Å². The van der Waals surface area contributed by atoms with Crippen LogP contribution in [0.4, 0.5) is 4.39 Å². The molecule has 2 rings (SSSR count). The van der Waals surface area contributed by atoms with Crippen LogP contribution in [0.25, 0.3) is 0 Å². The van der Waals surface area contributed by atoms with Gasteiger partial charge in [0.25, 0.3) is 0 Å². The first-order valence-electron chi connectivity index (χ1n) is 5.89. The molecule has 0 saturated heterocycles. The maximum Gasteiger partial charge on any atom is 0.123 e. The Hall–Kier alpha value is -1.22. The minimum atomic E-state index is -0.187. The van der Waals surface area contributed by atoms with E-state index < -0.39 is 0 Å². The van der Waals surface area contributed by atoms with Crippen LogP contribution in [0.2, 0.25) is 0 Å². The highest BCUT2D eigenvalue weighted by atomic mass is 79.9. The monoisotopic (exact) mass is 307 g/mol. The molecule has 0 fully saturated rings. The van der Waals surface area contributed by atoms with Gasteiger partial charge in [0.1, 0.15) is 5.82 Å². The van der Waals surface area contributed by atoms with Crippen LogP contribution in [0.3, 0.4) is 0 Å². The molecule has 94 valence electrons. The zero-order valence-corrected chi connectivity index (χ0v) is 12.0. The number of halogens is 2. The minimum absolute atomic E-state index is 0.167. The van der Waals surface area contributed by atoms with E-state index in [9.17, 15) is 4.39 Å². The van der Waals surface area contributed by atoms with Crippen LogP contribution >= 0.6 is 15.9 Å². The first-order valence-corrected chi connectivity index (χ1v) is 6.81. The maximum absolute atomic E-state index is 13.1. The number of hydrogen-bond donors (Lipinski definition) is 0. The highest BCUT2D eigenvalue weighted by Crippen LogP contribution is 2.38. The van der Waals surface area contributed by atoms with Crippen LogP contribution in [0, 0.1) is 12.7 Å². The summed E-state index contributed by atoms with van der Waals surface area (Å²) in [6, 6.07) is 8.95. The molecule has 1 aromatic carbocycles. The summed E-state index contributed by atoms with van der Waals surface area (Å²) in [4.78, 5) is 4.19. The van der Waals surface area contributed by atoms with Crippen molar-refractivity contribution in [2.24, 2.45) is 0 Å². The molecule has 0 aliphatic rings. The van der Waals surface area contributed by atoms with Crippen LogP contribution in [0.1, 0.15) is 34.4 Å². The van der Waals surface area contributed by atoms with E-state index in [4.69, 9.17) is 0 Å². The molecule has 0 amide bonds. The van der Waals surface area contributed by atoms with E-state index in [0.717, 1.165) is 11.1 Å². The normalized spacial score (nSPS) is 14.2. The number of aryl methyl sites for hydroxylation is 1. The van der Waals surface area contributed by atoms with Gasteiger partial charge in [-0.3, -0.25) is 4.98 Å². The van der Waals surface area contributed by atoms with Gasteiger partial charge < -0.3 is 0 Å². The van der Waals surface area contributed by atoms with E-state index in [1.807, 2.05) is 25.1 Å². The molecule has 1 heterocycles. The smallest absolute Gasteiger partial charge is 0.123 e. The largest absolute Gasteiger partial charge is 0.265 e. The average molecular weight is 308 g/mol. The summed E-state index contributed by atoms with van der Waals surface area (Å²) in [5, 5.41) is 0. The molecule has 1 aromatic heterocycles. The van der Waals surface area contributed by atoms with Gasteiger partial charge in [-0.05, 0) is 53.8 Å². The summed E-state index contributed by atoms with van der Waals surface area (Å²) in [7, 11) is 0. The van der Waals surface area contributed by atoms with Gasteiger partial charge in [0, 0.05) is 17.2 Å². The Labute approximate surface area is 115 Å². The Balaban J connectivity index is 2.28. The molecule has 0 spiro atoms. The maximum atomic E-state index is 13.1. The Morgan fingerprint density at radius 2 is 1.83 bits per heavy atom. The van der Waals surface area contributed by atoms with Crippen molar-refractivity contribution in [3.05, 3.63) is 65.2 Å². The number of rotatable bonds is 3. The first-order chi connectivity index (χ1) is 8.59. The van der Waals surface area contributed by atoms with Crippen LogP contribution in [0.5, 0.6) is 0 Å². The standard InChI is InChI=1S/C15H15BrFN/c1-10-9-13(17)3-4-14(10)15(16)11(2)12-5-7-18-8-6-12/h3-9,11,15H,1-2H3. The summed E-state index contributed by atoms with van der Waals surface area (Å²) in [5.41, 5.74) is 3.31. The van der Waals surface area contributed by atoms with Gasteiger partial charge in [0.05, 0.1) is 0 Å². The third-order valence-electron chi connectivity index (χ3n) is 3.20. The molecule has 3 heteroatoms. The van der Waals surface area contributed by atoms with E-state index >= 15 is 0 Å². The zero-order valence-electron chi connectivity index (χ0n) is 10.4. The van der Waals surface area contributed by atoms with Crippen molar-refractivity contribution >= 4 is 15.9 Å². The Bertz CT molecular complexity index is 527. The summed E-state index contributed by atoms with van der Waals surface area (Å²) < 4.78 is 13.1. The number of alkyl halides is 1. The summed E-state index contributed by atoms with van der Waals surface area (Å²) in [6.45, 7) is 4.09. The fourth-order valence-corrected chi connectivity index (χ4v) is 2.87. The van der Waals surface area contributed by atoms with E-state index in [2.05, 4.69) is 27.8 Å². The fourth-order valence-electron chi connectivity index (χ4n) is 2.05. The number of pyridine rings is 1. The predicted molar refractivity (Wildman–Crippen MR) is 75.5 cm³/mol. The third-order valence-corrected chi connectivity index (χ3v) is 4.49. The van der Waals surface area contributed by atoms with Gasteiger partial charge >= 0.3 is 0 Å². The Morgan fingerprint density at radius 3 is 2.44 bits per heavy atom. The van der Waals surface area contributed by atoms with Gasteiger partial charge in [-0.25, -0.2) is 4.39 Å². The van der Waals surface area contributed by atoms with E-state index in [1.165, 1.54) is 11.6 Å². The van der Waals surface area contributed by atoms with Gasteiger partial charge in [-0.2, -0.15) is 0 Å². The van der Waals surface area contributed by atoms with Crippen LogP contribution in [-0.4, -0.2) is 4.98 Å². The summed E-state index contributed by atoms with van der Waals surface area (Å²) >= 11 is 3.72. The lowest BCUT2D eigenvalue weighted by atomic mass is 9.92. The molecular weight excluding hydrogens is 293 g/mol. The lowest BCUT2D eigenvalue weighted by Crippen LogP contribution is -2.04. The number of nitrogens with zero attached hydrogens (tertiary/aromatic N) is 1. The van der Waals surface area contributed by atoms with Crippen molar-refractivity contribution in [1.82, 2.24) is 4.98 Å². The van der Waals surface area contributed by atoms with E-state index in [-0.39, 0.29) is 10.6 Å². The number of hydrogen-bond acceptors (Lipinski definition) is 1. The Kier molecular flexibility index (Phi) is 4.12. The minimum Gasteiger partial charge on any atom is -0.265 e. The molecule has 0 saturated carbocycles. The lowest BCUT2D eigenvalue weighted by molar-refractivity contribution is 0.624. The van der Waals surface area contributed by atoms with E-state index in [0.29, 0.717) is 5.92 Å². The van der Waals surface area contributed by atoms with E-state index in [1.54, 1.807) is 18.5 Å². The quantitative estimate of drug-likeness (QED) is 0.744. The zero-order chi connectivity index (χ0) is 13.1. The second kappa shape index (κ2) is 5.61. The molecular formula is C15H15BrFN. The van der Waals surface area contributed by atoms with Crippen LogP contribution in [0.15, 0.2) is 42.7 Å². The summed E-state index contributed by atoms with van der Waals surface area (Å²) in [6.07, 6.45) is 3.59. The molecule has 0 aliphatic heterocycles. The lowest BCUT2D eigenvalue weighted by Gasteiger charge is -2.20. The third kappa shape index (κ3) is 2.78. The molecule has 1 nitrogen and oxygen atoms in total.